The van der Waals surface area contributed by atoms with Crippen LogP contribution in [0.4, 0.5) is 9.52 Å². The van der Waals surface area contributed by atoms with Crippen molar-refractivity contribution in [2.45, 2.75) is 32.1 Å². The molecular weight excluding hydrogens is 411 g/mol. The summed E-state index contributed by atoms with van der Waals surface area (Å²) in [5.74, 6) is 0.172. The average Bonchev–Trinajstić information content (AvgIpc) is 3.07. The summed E-state index contributed by atoms with van der Waals surface area (Å²) in [7, 11) is 0. The number of rotatable bonds is 6. The maximum absolute atomic E-state index is 13.3. The molecule has 2 aromatic heterocycles. The summed E-state index contributed by atoms with van der Waals surface area (Å²) in [6.07, 6.45) is 5.31. The van der Waals surface area contributed by atoms with E-state index in [2.05, 4.69) is 47.4 Å². The third-order valence-electron chi connectivity index (χ3n) is 6.04. The number of amides is 1. The first-order valence-corrected chi connectivity index (χ1v) is 11.3. The summed E-state index contributed by atoms with van der Waals surface area (Å²) in [5, 5.41) is 11.0. The monoisotopic (exact) mass is 434 g/mol. The highest BCUT2D eigenvalue weighted by Crippen LogP contribution is 2.58. The molecule has 1 N–H and O–H groups in total. The van der Waals surface area contributed by atoms with Gasteiger partial charge in [0.15, 0.2) is 5.13 Å². The normalized spacial score (nSPS) is 20.3. The molecule has 4 aromatic rings. The first-order valence-electron chi connectivity index (χ1n) is 10.4. The van der Waals surface area contributed by atoms with Crippen molar-refractivity contribution < 1.29 is 9.18 Å². The Hall–Kier alpha value is -3.06. The second-order valence-electron chi connectivity index (χ2n) is 8.64. The van der Waals surface area contributed by atoms with E-state index >= 15 is 0 Å². The lowest BCUT2D eigenvalue weighted by atomic mass is 9.84. The molecule has 1 fully saturated rings. The summed E-state index contributed by atoms with van der Waals surface area (Å²) in [6, 6.07) is 12.6. The Bertz CT molecular complexity index is 1230. The lowest BCUT2D eigenvalue weighted by Gasteiger charge is -2.20. The van der Waals surface area contributed by atoms with Crippen molar-refractivity contribution in [3.05, 3.63) is 71.6 Å². The van der Waals surface area contributed by atoms with Crippen molar-refractivity contribution in [3.8, 4) is 5.69 Å². The maximum atomic E-state index is 13.3. The van der Waals surface area contributed by atoms with Crippen LogP contribution >= 0.6 is 11.3 Å². The second kappa shape index (κ2) is 7.57. The molecule has 0 bridgehead atoms. The van der Waals surface area contributed by atoms with Gasteiger partial charge in [0.2, 0.25) is 5.91 Å². The van der Waals surface area contributed by atoms with Gasteiger partial charge in [-0.2, -0.15) is 5.10 Å². The van der Waals surface area contributed by atoms with Crippen LogP contribution < -0.4 is 5.32 Å². The molecule has 0 radical (unpaired) electrons. The summed E-state index contributed by atoms with van der Waals surface area (Å²) < 4.78 is 15.1. The molecule has 1 aliphatic rings. The summed E-state index contributed by atoms with van der Waals surface area (Å²) in [5.41, 5.74) is 2.78. The van der Waals surface area contributed by atoms with Crippen molar-refractivity contribution in [2.24, 2.45) is 11.8 Å². The van der Waals surface area contributed by atoms with Gasteiger partial charge in [-0.05, 0) is 60.7 Å². The number of carbonyl (C=O) groups excluding carboxylic acids is 1. The van der Waals surface area contributed by atoms with Crippen LogP contribution in [0.3, 0.4) is 0 Å². The molecule has 2 aromatic carbocycles. The highest BCUT2D eigenvalue weighted by Gasteiger charge is 2.59. The van der Waals surface area contributed by atoms with Crippen LogP contribution in [0.1, 0.15) is 32.3 Å². The standard InChI is InChI=1S/C24H23FN4OS/c1-15(2)12-24(13-20(24)22(30)28-23-26-9-10-31-23)17-3-8-21-16(11-17)14-27-29(21)19-6-4-18(25)5-7-19/h3-11,14-15,20H,12-13H2,1-2H3,(H,26,28,30)/t20-,24+/m0/s1. The molecule has 1 aliphatic carbocycles. The van der Waals surface area contributed by atoms with Gasteiger partial charge in [0.1, 0.15) is 5.82 Å². The van der Waals surface area contributed by atoms with Gasteiger partial charge in [0.05, 0.1) is 17.4 Å². The van der Waals surface area contributed by atoms with Gasteiger partial charge in [-0.3, -0.25) is 4.79 Å². The molecule has 2 atom stereocenters. The third-order valence-corrected chi connectivity index (χ3v) is 6.73. The topological polar surface area (TPSA) is 59.8 Å². The first-order chi connectivity index (χ1) is 15.0. The molecule has 5 rings (SSSR count). The summed E-state index contributed by atoms with van der Waals surface area (Å²) >= 11 is 1.43. The van der Waals surface area contributed by atoms with Crippen molar-refractivity contribution in [1.82, 2.24) is 14.8 Å². The summed E-state index contributed by atoms with van der Waals surface area (Å²) in [6.45, 7) is 4.39. The fourth-order valence-corrected chi connectivity index (χ4v) is 5.18. The number of anilines is 1. The summed E-state index contributed by atoms with van der Waals surface area (Å²) in [4.78, 5) is 17.1. The van der Waals surface area contributed by atoms with Crippen molar-refractivity contribution in [3.63, 3.8) is 0 Å². The van der Waals surface area contributed by atoms with E-state index in [1.165, 1.54) is 29.0 Å². The van der Waals surface area contributed by atoms with Crippen LogP contribution in [0.2, 0.25) is 0 Å². The largest absolute Gasteiger partial charge is 0.302 e. The van der Waals surface area contributed by atoms with Crippen molar-refractivity contribution in [1.29, 1.82) is 0 Å². The quantitative estimate of drug-likeness (QED) is 0.432. The number of carbonyl (C=O) groups is 1. The smallest absolute Gasteiger partial charge is 0.230 e. The first kappa shape index (κ1) is 19.9. The van der Waals surface area contributed by atoms with Gasteiger partial charge in [0, 0.05) is 28.3 Å². The number of nitrogens with zero attached hydrogens (tertiary/aromatic N) is 3. The van der Waals surface area contributed by atoms with Crippen molar-refractivity contribution >= 4 is 33.3 Å². The van der Waals surface area contributed by atoms with Crippen LogP contribution in [-0.2, 0) is 10.2 Å². The molecule has 1 amide bonds. The number of hydrogen-bond donors (Lipinski definition) is 1. The predicted octanol–water partition coefficient (Wildman–Crippen LogP) is 5.56. The number of halogens is 1. The number of thiazole rings is 1. The minimum absolute atomic E-state index is 0.0395. The fraction of sp³-hybridized carbons (Fsp3) is 0.292. The van der Waals surface area contributed by atoms with E-state index in [1.54, 1.807) is 18.3 Å². The number of hydrogen-bond acceptors (Lipinski definition) is 4. The maximum Gasteiger partial charge on any atom is 0.230 e. The van der Waals surface area contributed by atoms with Crippen LogP contribution in [0.5, 0.6) is 0 Å². The average molecular weight is 435 g/mol. The molecule has 0 spiro atoms. The van der Waals surface area contributed by atoms with Gasteiger partial charge >= 0.3 is 0 Å². The van der Waals surface area contributed by atoms with Crippen LogP contribution in [0, 0.1) is 17.7 Å². The van der Waals surface area contributed by atoms with Crippen LogP contribution in [0.15, 0.2) is 60.2 Å². The Kier molecular flexibility index (Phi) is 4.85. The molecule has 0 aliphatic heterocycles. The van der Waals surface area contributed by atoms with E-state index in [4.69, 9.17) is 0 Å². The minimum atomic E-state index is -0.270. The SMILES string of the molecule is CC(C)C[C@]1(c2ccc3c(cnn3-c3ccc(F)cc3)c2)C[C@H]1C(=O)Nc1nccs1. The Morgan fingerprint density at radius 1 is 1.29 bits per heavy atom. The zero-order chi connectivity index (χ0) is 21.6. The minimum Gasteiger partial charge on any atom is -0.302 e. The second-order valence-corrected chi connectivity index (χ2v) is 9.54. The Morgan fingerprint density at radius 2 is 2.10 bits per heavy atom. The number of nitrogens with one attached hydrogen (secondary N) is 1. The van der Waals surface area contributed by atoms with Gasteiger partial charge in [-0.1, -0.05) is 19.9 Å². The molecule has 0 saturated heterocycles. The number of aromatic nitrogens is 3. The number of fused-ring (bicyclic) bond motifs is 1. The van der Waals surface area contributed by atoms with E-state index in [0.29, 0.717) is 11.0 Å². The van der Waals surface area contributed by atoms with Gasteiger partial charge in [0.25, 0.3) is 0 Å². The predicted molar refractivity (Wildman–Crippen MR) is 121 cm³/mol. The molecule has 2 heterocycles. The van der Waals surface area contributed by atoms with Crippen LogP contribution in [-0.4, -0.2) is 20.7 Å². The molecule has 31 heavy (non-hydrogen) atoms. The Balaban J connectivity index is 1.47. The van der Waals surface area contributed by atoms with E-state index in [0.717, 1.165) is 29.4 Å². The molecule has 7 heteroatoms. The van der Waals surface area contributed by atoms with Crippen molar-refractivity contribution in [2.75, 3.05) is 5.32 Å². The van der Waals surface area contributed by atoms with E-state index in [-0.39, 0.29) is 23.1 Å². The zero-order valence-electron chi connectivity index (χ0n) is 17.4. The highest BCUT2D eigenvalue weighted by atomic mass is 32.1. The number of benzene rings is 2. The van der Waals surface area contributed by atoms with E-state index in [1.807, 2.05) is 16.3 Å². The van der Waals surface area contributed by atoms with E-state index < -0.39 is 0 Å². The van der Waals surface area contributed by atoms with Gasteiger partial charge in [-0.15, -0.1) is 11.3 Å². The van der Waals surface area contributed by atoms with Gasteiger partial charge < -0.3 is 5.32 Å². The van der Waals surface area contributed by atoms with Crippen LogP contribution in [0.25, 0.3) is 16.6 Å². The molecule has 1 saturated carbocycles. The Labute approximate surface area is 183 Å². The van der Waals surface area contributed by atoms with Gasteiger partial charge in [-0.25, -0.2) is 14.1 Å². The highest BCUT2D eigenvalue weighted by molar-refractivity contribution is 7.13. The fourth-order valence-electron chi connectivity index (χ4n) is 4.65. The third kappa shape index (κ3) is 3.63. The Morgan fingerprint density at radius 3 is 2.81 bits per heavy atom. The lowest BCUT2D eigenvalue weighted by molar-refractivity contribution is -0.117. The zero-order valence-corrected chi connectivity index (χ0v) is 18.2. The molecule has 0 unspecified atom stereocenters. The lowest BCUT2D eigenvalue weighted by Crippen LogP contribution is -2.22. The van der Waals surface area contributed by atoms with E-state index in [9.17, 15) is 9.18 Å². The molecule has 158 valence electrons. The molecule has 5 nitrogen and oxygen atoms in total. The molecular formula is C24H23FN4OS.